The van der Waals surface area contributed by atoms with Crippen LogP contribution in [0.3, 0.4) is 0 Å². The van der Waals surface area contributed by atoms with Crippen molar-refractivity contribution < 1.29 is 0 Å². The van der Waals surface area contributed by atoms with E-state index in [4.69, 9.17) is 11.6 Å². The third kappa shape index (κ3) is 2.89. The van der Waals surface area contributed by atoms with Gasteiger partial charge in [0.1, 0.15) is 10.2 Å². The van der Waals surface area contributed by atoms with Gasteiger partial charge in [0.2, 0.25) is 11.2 Å². The number of halogens is 1. The Balaban J connectivity index is 2.34. The smallest absolute Gasteiger partial charge is 0.227 e. The monoisotopic (exact) mass is 270 g/mol. The van der Waals surface area contributed by atoms with Crippen molar-refractivity contribution in [1.29, 1.82) is 0 Å². The van der Waals surface area contributed by atoms with E-state index in [-0.39, 0.29) is 16.4 Å². The van der Waals surface area contributed by atoms with Gasteiger partial charge in [-0.25, -0.2) is 4.68 Å². The average Bonchev–Trinajstić information content (AvgIpc) is 2.65. The van der Waals surface area contributed by atoms with E-state index in [2.05, 4.69) is 29.1 Å². The first-order chi connectivity index (χ1) is 8.06. The number of hydrogen-bond donors (Lipinski definition) is 1. The van der Waals surface area contributed by atoms with Crippen molar-refractivity contribution >= 4 is 23.4 Å². The fourth-order valence-corrected chi connectivity index (χ4v) is 2.17. The van der Waals surface area contributed by atoms with Gasteiger partial charge in [-0.3, -0.25) is 9.89 Å². The van der Waals surface area contributed by atoms with Crippen molar-refractivity contribution in [1.82, 2.24) is 20.0 Å². The number of hydrogen-bond acceptors (Lipinski definition) is 4. The molecule has 0 amide bonds. The molecule has 0 spiro atoms. The lowest BCUT2D eigenvalue weighted by atomic mass is 10.5. The van der Waals surface area contributed by atoms with Gasteiger partial charge in [-0.1, -0.05) is 25.4 Å². The molecule has 0 bridgehead atoms. The summed E-state index contributed by atoms with van der Waals surface area (Å²) in [5.74, 6) is 0.213. The van der Waals surface area contributed by atoms with E-state index in [1.165, 1.54) is 10.7 Å². The molecule has 7 heteroatoms. The Hall–Kier alpha value is -1.27. The van der Waals surface area contributed by atoms with E-state index >= 15 is 0 Å². The van der Waals surface area contributed by atoms with E-state index < -0.39 is 0 Å². The maximum absolute atomic E-state index is 11.6. The zero-order chi connectivity index (χ0) is 12.4. The van der Waals surface area contributed by atoms with E-state index in [0.717, 1.165) is 5.03 Å². The highest BCUT2D eigenvalue weighted by atomic mass is 35.5. The molecule has 2 aromatic heterocycles. The van der Waals surface area contributed by atoms with Crippen molar-refractivity contribution in [2.45, 2.75) is 24.1 Å². The van der Waals surface area contributed by atoms with E-state index in [1.807, 2.05) is 6.07 Å². The number of aromatic amines is 1. The highest BCUT2D eigenvalue weighted by molar-refractivity contribution is 7.99. The number of thioether (sulfide) groups is 1. The standard InChI is InChI=1S/C10H11ClN4OS/c1-6(2)17-9-3-4-15(14-9)10-7(16)5-8(11)12-13-10/h3-6H,1-2H3,(H,12,16). The van der Waals surface area contributed by atoms with Gasteiger partial charge in [-0.05, 0) is 6.07 Å². The lowest BCUT2D eigenvalue weighted by Crippen LogP contribution is -2.14. The summed E-state index contributed by atoms with van der Waals surface area (Å²) in [6.45, 7) is 4.16. The summed E-state index contributed by atoms with van der Waals surface area (Å²) in [6.07, 6.45) is 1.70. The normalized spacial score (nSPS) is 11.1. The van der Waals surface area contributed by atoms with Gasteiger partial charge in [0.25, 0.3) is 0 Å². The van der Waals surface area contributed by atoms with Crippen LogP contribution in [-0.4, -0.2) is 25.2 Å². The molecule has 0 saturated carbocycles. The second-order valence-corrected chi connectivity index (χ2v) is 5.67. The first-order valence-electron chi connectivity index (χ1n) is 5.04. The highest BCUT2D eigenvalue weighted by Gasteiger charge is 2.08. The minimum Gasteiger partial charge on any atom is -0.286 e. The zero-order valence-corrected chi connectivity index (χ0v) is 10.9. The van der Waals surface area contributed by atoms with Gasteiger partial charge in [-0.15, -0.1) is 11.8 Å². The molecule has 5 nitrogen and oxygen atoms in total. The molecule has 0 unspecified atom stereocenters. The Morgan fingerprint density at radius 2 is 2.29 bits per heavy atom. The molecule has 0 aliphatic rings. The minimum atomic E-state index is -0.266. The van der Waals surface area contributed by atoms with E-state index in [0.29, 0.717) is 5.25 Å². The van der Waals surface area contributed by atoms with Crippen LogP contribution in [0.4, 0.5) is 0 Å². The molecule has 0 fully saturated rings. The molecule has 0 saturated heterocycles. The van der Waals surface area contributed by atoms with E-state index in [1.54, 1.807) is 18.0 Å². The van der Waals surface area contributed by atoms with Crippen molar-refractivity contribution in [2.24, 2.45) is 0 Å². The molecule has 17 heavy (non-hydrogen) atoms. The summed E-state index contributed by atoms with van der Waals surface area (Å²) >= 11 is 7.25. The fraction of sp³-hybridized carbons (Fsp3) is 0.300. The van der Waals surface area contributed by atoms with Crippen LogP contribution in [0.15, 0.2) is 28.2 Å². The maximum Gasteiger partial charge on any atom is 0.227 e. The van der Waals surface area contributed by atoms with Gasteiger partial charge in [0.05, 0.1) is 0 Å². The molecule has 90 valence electrons. The number of aromatic nitrogens is 4. The highest BCUT2D eigenvalue weighted by Crippen LogP contribution is 2.20. The summed E-state index contributed by atoms with van der Waals surface area (Å²) < 4.78 is 1.44. The number of nitrogens with one attached hydrogen (secondary N) is 1. The van der Waals surface area contributed by atoms with Crippen LogP contribution in [0.25, 0.3) is 5.82 Å². The summed E-state index contributed by atoms with van der Waals surface area (Å²) in [7, 11) is 0. The number of H-pyrrole nitrogens is 1. The van der Waals surface area contributed by atoms with Crippen LogP contribution in [0.1, 0.15) is 13.8 Å². The number of rotatable bonds is 3. The quantitative estimate of drug-likeness (QED) is 0.868. The third-order valence-corrected chi connectivity index (χ3v) is 3.01. The SMILES string of the molecule is CC(C)Sc1ccn(-c2n[nH]c(Cl)cc2=O)n1. The third-order valence-electron chi connectivity index (χ3n) is 1.88. The second kappa shape index (κ2) is 4.93. The molecular formula is C10H11ClN4OS. The van der Waals surface area contributed by atoms with Gasteiger partial charge < -0.3 is 0 Å². The molecule has 0 aliphatic carbocycles. The van der Waals surface area contributed by atoms with Crippen molar-refractivity contribution in [2.75, 3.05) is 0 Å². The molecule has 0 aliphatic heterocycles. The predicted octanol–water partition coefficient (Wildman–Crippen LogP) is 2.11. The minimum absolute atomic E-state index is 0.211. The van der Waals surface area contributed by atoms with Gasteiger partial charge >= 0.3 is 0 Å². The van der Waals surface area contributed by atoms with Gasteiger partial charge in [-0.2, -0.15) is 10.2 Å². The van der Waals surface area contributed by atoms with Crippen molar-refractivity contribution in [3.05, 3.63) is 33.7 Å². The van der Waals surface area contributed by atoms with Crippen LogP contribution in [-0.2, 0) is 0 Å². The molecular weight excluding hydrogens is 260 g/mol. The van der Waals surface area contributed by atoms with Crippen LogP contribution >= 0.6 is 23.4 Å². The molecule has 0 atom stereocenters. The Labute approximate surface area is 107 Å². The summed E-state index contributed by atoms with van der Waals surface area (Å²) in [5.41, 5.74) is -0.266. The van der Waals surface area contributed by atoms with Crippen molar-refractivity contribution in [3.63, 3.8) is 0 Å². The first-order valence-corrected chi connectivity index (χ1v) is 6.30. The zero-order valence-electron chi connectivity index (χ0n) is 9.35. The maximum atomic E-state index is 11.6. The topological polar surface area (TPSA) is 63.6 Å². The molecule has 0 aromatic carbocycles. The van der Waals surface area contributed by atoms with Gasteiger partial charge in [0, 0.05) is 17.5 Å². The predicted molar refractivity (Wildman–Crippen MR) is 68.0 cm³/mol. The Bertz CT molecular complexity index is 578. The molecule has 2 heterocycles. The van der Waals surface area contributed by atoms with Crippen LogP contribution in [0.2, 0.25) is 5.15 Å². The summed E-state index contributed by atoms with van der Waals surface area (Å²) in [6, 6.07) is 3.13. The largest absolute Gasteiger partial charge is 0.286 e. The summed E-state index contributed by atoms with van der Waals surface area (Å²) in [4.78, 5) is 11.6. The average molecular weight is 271 g/mol. The lowest BCUT2D eigenvalue weighted by Gasteiger charge is -2.00. The number of nitrogens with zero attached hydrogens (tertiary/aromatic N) is 3. The van der Waals surface area contributed by atoms with Crippen LogP contribution in [0, 0.1) is 0 Å². The summed E-state index contributed by atoms with van der Waals surface area (Å²) in [5, 5.41) is 12.2. The van der Waals surface area contributed by atoms with Crippen molar-refractivity contribution in [3.8, 4) is 5.82 Å². The molecule has 2 rings (SSSR count). The van der Waals surface area contributed by atoms with Gasteiger partial charge in [0.15, 0.2) is 0 Å². The Morgan fingerprint density at radius 1 is 1.53 bits per heavy atom. The Kier molecular flexibility index (Phi) is 3.54. The van der Waals surface area contributed by atoms with Crippen LogP contribution < -0.4 is 5.43 Å². The first kappa shape index (κ1) is 12.2. The van der Waals surface area contributed by atoms with Crippen LogP contribution in [0.5, 0.6) is 0 Å². The lowest BCUT2D eigenvalue weighted by molar-refractivity contribution is 0.778. The fourth-order valence-electron chi connectivity index (χ4n) is 1.27. The van der Waals surface area contributed by atoms with E-state index in [9.17, 15) is 4.79 Å². The Morgan fingerprint density at radius 3 is 2.94 bits per heavy atom. The molecule has 0 radical (unpaired) electrons. The molecule has 1 N–H and O–H groups in total. The molecule has 2 aromatic rings. The second-order valence-electron chi connectivity index (χ2n) is 3.67.